The molecule has 2 rings (SSSR count). The number of halogens is 1. The van der Waals surface area contributed by atoms with Gasteiger partial charge in [-0.25, -0.2) is 8.42 Å². The Morgan fingerprint density at radius 1 is 1.03 bits per heavy atom. The van der Waals surface area contributed by atoms with Gasteiger partial charge in [-0.3, -0.25) is 14.3 Å². The maximum Gasteiger partial charge on any atom is 0.265 e. The molecule has 162 valence electrons. The van der Waals surface area contributed by atoms with Gasteiger partial charge in [0, 0.05) is 22.8 Å². The molecule has 0 bridgehead atoms. The third-order valence-electron chi connectivity index (χ3n) is 4.13. The minimum absolute atomic E-state index is 0.125. The number of anilines is 2. The van der Waals surface area contributed by atoms with Crippen LogP contribution in [0.3, 0.4) is 0 Å². The first-order valence-electron chi connectivity index (χ1n) is 9.08. The van der Waals surface area contributed by atoms with Crippen LogP contribution in [0.1, 0.15) is 20.8 Å². The number of hydrogen-bond donors (Lipinski definition) is 3. The highest BCUT2D eigenvalue weighted by atomic mass is 79.9. The van der Waals surface area contributed by atoms with E-state index < -0.39 is 22.0 Å². The van der Waals surface area contributed by atoms with E-state index in [0.29, 0.717) is 5.69 Å². The molecule has 0 radical (unpaired) electrons. The SMILES string of the molecule is COc1ccc(NC(=O)C(NC(C)=O)C(C)C)cc1S(=O)(=O)Nc1ccc(Br)cc1. The van der Waals surface area contributed by atoms with Crippen molar-refractivity contribution in [2.75, 3.05) is 17.1 Å². The summed E-state index contributed by atoms with van der Waals surface area (Å²) in [7, 11) is -2.64. The lowest BCUT2D eigenvalue weighted by atomic mass is 10.0. The molecular formula is C20H24BrN3O5S. The summed E-state index contributed by atoms with van der Waals surface area (Å²) in [6, 6.07) is 10.2. The summed E-state index contributed by atoms with van der Waals surface area (Å²) >= 11 is 3.30. The molecule has 0 aliphatic rings. The van der Waals surface area contributed by atoms with Crippen LogP contribution in [0, 0.1) is 5.92 Å². The van der Waals surface area contributed by atoms with Gasteiger partial charge in [0.05, 0.1) is 7.11 Å². The van der Waals surface area contributed by atoms with Crippen LogP contribution in [0.2, 0.25) is 0 Å². The second-order valence-electron chi connectivity index (χ2n) is 6.89. The largest absolute Gasteiger partial charge is 0.495 e. The van der Waals surface area contributed by atoms with Gasteiger partial charge in [-0.15, -0.1) is 0 Å². The van der Waals surface area contributed by atoms with Crippen molar-refractivity contribution in [1.82, 2.24) is 5.32 Å². The Hall–Kier alpha value is -2.59. The van der Waals surface area contributed by atoms with E-state index in [1.807, 2.05) is 0 Å². The lowest BCUT2D eigenvalue weighted by molar-refractivity contribution is -0.126. The summed E-state index contributed by atoms with van der Waals surface area (Å²) in [4.78, 5) is 23.8. The fourth-order valence-corrected chi connectivity index (χ4v) is 4.19. The zero-order chi connectivity index (χ0) is 22.5. The van der Waals surface area contributed by atoms with Gasteiger partial charge in [-0.05, 0) is 48.4 Å². The Balaban J connectivity index is 2.33. The fraction of sp³-hybridized carbons (Fsp3) is 0.300. The number of amides is 2. The lowest BCUT2D eigenvalue weighted by Crippen LogP contribution is -2.46. The van der Waals surface area contributed by atoms with E-state index >= 15 is 0 Å². The molecule has 30 heavy (non-hydrogen) atoms. The Morgan fingerprint density at radius 3 is 2.17 bits per heavy atom. The van der Waals surface area contributed by atoms with Crippen LogP contribution in [0.25, 0.3) is 0 Å². The third-order valence-corrected chi connectivity index (χ3v) is 6.06. The molecule has 0 aliphatic carbocycles. The average molecular weight is 498 g/mol. The fourth-order valence-electron chi connectivity index (χ4n) is 2.67. The lowest BCUT2D eigenvalue weighted by Gasteiger charge is -2.21. The molecule has 3 N–H and O–H groups in total. The predicted octanol–water partition coefficient (Wildman–Crippen LogP) is 3.36. The number of carbonyl (C=O) groups is 2. The van der Waals surface area contributed by atoms with E-state index in [1.165, 1.54) is 32.2 Å². The molecule has 0 heterocycles. The average Bonchev–Trinajstić information content (AvgIpc) is 2.67. The van der Waals surface area contributed by atoms with Crippen molar-refractivity contribution in [1.29, 1.82) is 0 Å². The number of carbonyl (C=O) groups excluding carboxylic acids is 2. The number of ether oxygens (including phenoxy) is 1. The molecule has 1 atom stereocenters. The highest BCUT2D eigenvalue weighted by molar-refractivity contribution is 9.10. The van der Waals surface area contributed by atoms with Crippen LogP contribution in [0.4, 0.5) is 11.4 Å². The van der Waals surface area contributed by atoms with Crippen LogP contribution in [-0.2, 0) is 19.6 Å². The third kappa shape index (κ3) is 6.20. The first kappa shape index (κ1) is 23.7. The normalized spacial score (nSPS) is 12.2. The maximum atomic E-state index is 12.9. The zero-order valence-corrected chi connectivity index (χ0v) is 19.4. The summed E-state index contributed by atoms with van der Waals surface area (Å²) in [5.41, 5.74) is 0.633. The highest BCUT2D eigenvalue weighted by Gasteiger charge is 2.25. The molecule has 0 aromatic heterocycles. The number of sulfonamides is 1. The van der Waals surface area contributed by atoms with Gasteiger partial charge in [0.25, 0.3) is 10.0 Å². The molecule has 10 heteroatoms. The van der Waals surface area contributed by atoms with E-state index in [4.69, 9.17) is 4.74 Å². The molecule has 0 fully saturated rings. The van der Waals surface area contributed by atoms with E-state index in [1.54, 1.807) is 38.1 Å². The molecule has 0 aliphatic heterocycles. The Bertz CT molecular complexity index is 1020. The maximum absolute atomic E-state index is 12.9. The molecule has 0 spiro atoms. The Labute approximate surface area is 184 Å². The van der Waals surface area contributed by atoms with Crippen molar-refractivity contribution < 1.29 is 22.7 Å². The Kier molecular flexibility index (Phi) is 7.85. The van der Waals surface area contributed by atoms with Crippen molar-refractivity contribution in [3.63, 3.8) is 0 Å². The molecular weight excluding hydrogens is 474 g/mol. The summed E-state index contributed by atoms with van der Waals surface area (Å²) in [5, 5.41) is 5.25. The number of nitrogens with one attached hydrogen (secondary N) is 3. The smallest absolute Gasteiger partial charge is 0.265 e. The van der Waals surface area contributed by atoms with Crippen LogP contribution in [0.5, 0.6) is 5.75 Å². The van der Waals surface area contributed by atoms with Crippen LogP contribution < -0.4 is 20.1 Å². The van der Waals surface area contributed by atoms with Crippen molar-refractivity contribution in [2.24, 2.45) is 5.92 Å². The van der Waals surface area contributed by atoms with Crippen molar-refractivity contribution in [3.8, 4) is 5.75 Å². The predicted molar refractivity (Wildman–Crippen MR) is 119 cm³/mol. The highest BCUT2D eigenvalue weighted by Crippen LogP contribution is 2.29. The van der Waals surface area contributed by atoms with Gasteiger partial charge in [-0.1, -0.05) is 29.8 Å². The van der Waals surface area contributed by atoms with Crippen molar-refractivity contribution in [2.45, 2.75) is 31.7 Å². The topological polar surface area (TPSA) is 114 Å². The first-order valence-corrected chi connectivity index (χ1v) is 11.4. The quantitative estimate of drug-likeness (QED) is 0.517. The molecule has 1 unspecified atom stereocenters. The van der Waals surface area contributed by atoms with Gasteiger partial charge in [0.2, 0.25) is 11.8 Å². The summed E-state index contributed by atoms with van der Waals surface area (Å²) < 4.78 is 34.3. The molecule has 0 saturated carbocycles. The van der Waals surface area contributed by atoms with E-state index in [9.17, 15) is 18.0 Å². The molecule has 0 saturated heterocycles. The van der Waals surface area contributed by atoms with E-state index in [2.05, 4.69) is 31.3 Å². The molecule has 2 amide bonds. The number of methoxy groups -OCH3 is 1. The standard InChI is InChI=1S/C20H24BrN3O5S/c1-12(2)19(22-13(3)25)20(26)23-16-9-10-17(29-4)18(11-16)30(27,28)24-15-7-5-14(21)6-8-15/h5-12,19,24H,1-4H3,(H,22,25)(H,23,26). The van der Waals surface area contributed by atoms with Crippen molar-refractivity contribution >= 4 is 49.1 Å². The summed E-state index contributed by atoms with van der Waals surface area (Å²) in [5.74, 6) is -0.815. The summed E-state index contributed by atoms with van der Waals surface area (Å²) in [6.07, 6.45) is 0. The van der Waals surface area contributed by atoms with Crippen LogP contribution in [-0.4, -0.2) is 33.4 Å². The minimum Gasteiger partial charge on any atom is -0.495 e. The second kappa shape index (κ2) is 9.94. The van der Waals surface area contributed by atoms with Gasteiger partial charge < -0.3 is 15.4 Å². The van der Waals surface area contributed by atoms with E-state index in [-0.39, 0.29) is 28.2 Å². The van der Waals surface area contributed by atoms with Gasteiger partial charge in [0.1, 0.15) is 16.7 Å². The Morgan fingerprint density at radius 2 is 1.63 bits per heavy atom. The molecule has 8 nitrogen and oxygen atoms in total. The van der Waals surface area contributed by atoms with E-state index in [0.717, 1.165) is 4.47 Å². The number of rotatable bonds is 8. The zero-order valence-electron chi connectivity index (χ0n) is 17.0. The number of hydrogen-bond acceptors (Lipinski definition) is 5. The van der Waals surface area contributed by atoms with Gasteiger partial charge >= 0.3 is 0 Å². The summed E-state index contributed by atoms with van der Waals surface area (Å²) in [6.45, 7) is 4.92. The second-order valence-corrected chi connectivity index (χ2v) is 9.46. The molecule has 2 aromatic rings. The van der Waals surface area contributed by atoms with Crippen molar-refractivity contribution in [3.05, 3.63) is 46.9 Å². The minimum atomic E-state index is -3.99. The van der Waals surface area contributed by atoms with Crippen LogP contribution in [0.15, 0.2) is 51.8 Å². The van der Waals surface area contributed by atoms with Crippen LogP contribution >= 0.6 is 15.9 Å². The first-order chi connectivity index (χ1) is 14.0. The van der Waals surface area contributed by atoms with Gasteiger partial charge in [-0.2, -0.15) is 0 Å². The monoisotopic (exact) mass is 497 g/mol. The molecule has 2 aromatic carbocycles. The number of benzene rings is 2. The van der Waals surface area contributed by atoms with Gasteiger partial charge in [0.15, 0.2) is 0 Å².